The first-order valence-electron chi connectivity index (χ1n) is 6.06. The lowest BCUT2D eigenvalue weighted by Gasteiger charge is -2.14. The largest absolute Gasteiger partial charge is 0.312 e. The zero-order chi connectivity index (χ0) is 13.1. The van der Waals surface area contributed by atoms with Crippen molar-refractivity contribution >= 4 is 27.3 Å². The Bertz CT molecular complexity index is 504. The number of likely N-dealkylation sites (N-methyl/N-ethyl adjacent to an activating group) is 1. The Hall–Kier alpha value is -0.650. The summed E-state index contributed by atoms with van der Waals surface area (Å²) >= 11 is 5.36. The molecule has 0 saturated carbocycles. The molecule has 0 spiro atoms. The first-order valence-corrected chi connectivity index (χ1v) is 7.73. The molecule has 98 valence electrons. The molecule has 0 aromatic carbocycles. The van der Waals surface area contributed by atoms with E-state index in [0.29, 0.717) is 12.1 Å². The molecular weight excluding hydrogens is 310 g/mol. The smallest absolute Gasteiger partial charge is 0.0644 e. The number of aromatic nitrogens is 2. The molecule has 2 rings (SSSR count). The fourth-order valence-corrected chi connectivity index (χ4v) is 3.62. The van der Waals surface area contributed by atoms with Gasteiger partial charge in [0, 0.05) is 34.1 Å². The number of hydrogen-bond acceptors (Lipinski definition) is 3. The van der Waals surface area contributed by atoms with Crippen LogP contribution in [0.1, 0.15) is 36.5 Å². The molecule has 1 unspecified atom stereocenters. The number of nitrogens with zero attached hydrogens (tertiary/aromatic N) is 2. The van der Waals surface area contributed by atoms with Gasteiger partial charge >= 0.3 is 0 Å². The van der Waals surface area contributed by atoms with Gasteiger partial charge in [0.2, 0.25) is 0 Å². The van der Waals surface area contributed by atoms with Crippen molar-refractivity contribution in [3.8, 4) is 0 Å². The monoisotopic (exact) mass is 327 g/mol. The predicted molar refractivity (Wildman–Crippen MR) is 80.1 cm³/mol. The highest BCUT2D eigenvalue weighted by molar-refractivity contribution is 9.10. The number of hydrogen-bond donors (Lipinski definition) is 1. The summed E-state index contributed by atoms with van der Waals surface area (Å²) in [5.41, 5.74) is 1.13. The van der Waals surface area contributed by atoms with Crippen molar-refractivity contribution in [2.45, 2.75) is 32.4 Å². The van der Waals surface area contributed by atoms with Crippen LogP contribution in [-0.4, -0.2) is 16.8 Å². The van der Waals surface area contributed by atoms with Crippen LogP contribution < -0.4 is 5.32 Å². The quantitative estimate of drug-likeness (QED) is 0.905. The zero-order valence-corrected chi connectivity index (χ0v) is 13.3. The Morgan fingerprint density at radius 3 is 2.72 bits per heavy atom. The normalized spacial score (nSPS) is 13.2. The fraction of sp³-hybridized carbons (Fsp3) is 0.462. The molecular formula is C13H18BrN3S. The highest BCUT2D eigenvalue weighted by Gasteiger charge is 2.16. The summed E-state index contributed by atoms with van der Waals surface area (Å²) in [6, 6.07) is 4.93. The van der Waals surface area contributed by atoms with Crippen molar-refractivity contribution in [3.05, 3.63) is 38.8 Å². The average Bonchev–Trinajstić information content (AvgIpc) is 2.95. The molecule has 0 radical (unpaired) electrons. The lowest BCUT2D eigenvalue weighted by atomic mass is 10.1. The van der Waals surface area contributed by atoms with E-state index in [9.17, 15) is 0 Å². The van der Waals surface area contributed by atoms with Crippen LogP contribution in [0.15, 0.2) is 28.2 Å². The van der Waals surface area contributed by atoms with Gasteiger partial charge in [-0.15, -0.1) is 11.3 Å². The van der Waals surface area contributed by atoms with E-state index in [-0.39, 0.29) is 0 Å². The lowest BCUT2D eigenvalue weighted by Crippen LogP contribution is -2.18. The van der Waals surface area contributed by atoms with Crippen molar-refractivity contribution < 1.29 is 0 Å². The number of halogens is 1. The van der Waals surface area contributed by atoms with Gasteiger partial charge in [0.1, 0.15) is 0 Å². The van der Waals surface area contributed by atoms with E-state index in [0.717, 1.165) is 12.1 Å². The molecule has 3 nitrogen and oxygen atoms in total. The van der Waals surface area contributed by atoms with Crippen LogP contribution in [0.25, 0.3) is 0 Å². The Balaban J connectivity index is 2.13. The molecule has 2 aromatic heterocycles. The molecule has 0 fully saturated rings. The van der Waals surface area contributed by atoms with E-state index in [1.165, 1.54) is 9.35 Å². The van der Waals surface area contributed by atoms with Crippen LogP contribution in [0.2, 0.25) is 0 Å². The maximum Gasteiger partial charge on any atom is 0.0644 e. The van der Waals surface area contributed by atoms with Gasteiger partial charge in [-0.05, 0) is 54.3 Å². The highest BCUT2D eigenvalue weighted by atomic mass is 79.9. The highest BCUT2D eigenvalue weighted by Crippen LogP contribution is 2.30. The van der Waals surface area contributed by atoms with E-state index in [2.05, 4.69) is 63.9 Å². The maximum absolute atomic E-state index is 4.60. The Morgan fingerprint density at radius 2 is 2.22 bits per heavy atom. The third-order valence-corrected chi connectivity index (χ3v) is 4.90. The number of nitrogens with one attached hydrogen (secondary N) is 1. The van der Waals surface area contributed by atoms with Crippen LogP contribution in [-0.2, 0) is 6.42 Å². The Kier molecular flexibility index (Phi) is 4.59. The first kappa shape index (κ1) is 13.8. The molecule has 0 bridgehead atoms. The van der Waals surface area contributed by atoms with Gasteiger partial charge < -0.3 is 5.32 Å². The van der Waals surface area contributed by atoms with Gasteiger partial charge in [0.05, 0.1) is 5.69 Å². The molecule has 1 atom stereocenters. The van der Waals surface area contributed by atoms with Gasteiger partial charge in [-0.25, -0.2) is 0 Å². The van der Waals surface area contributed by atoms with Gasteiger partial charge in [-0.3, -0.25) is 4.68 Å². The summed E-state index contributed by atoms with van der Waals surface area (Å²) in [7, 11) is 2.00. The van der Waals surface area contributed by atoms with E-state index >= 15 is 0 Å². The van der Waals surface area contributed by atoms with E-state index in [1.807, 2.05) is 11.7 Å². The van der Waals surface area contributed by atoms with Crippen LogP contribution in [0, 0.1) is 0 Å². The van der Waals surface area contributed by atoms with Crippen LogP contribution in [0.4, 0.5) is 0 Å². The molecule has 0 saturated heterocycles. The van der Waals surface area contributed by atoms with Gasteiger partial charge in [-0.2, -0.15) is 5.10 Å². The summed E-state index contributed by atoms with van der Waals surface area (Å²) in [6.45, 7) is 4.28. The molecule has 0 amide bonds. The second-order valence-corrected chi connectivity index (χ2v) is 6.36. The second-order valence-electron chi connectivity index (χ2n) is 4.56. The summed E-state index contributed by atoms with van der Waals surface area (Å²) in [5.74, 6) is 0. The fourth-order valence-electron chi connectivity index (χ4n) is 1.86. The minimum absolute atomic E-state index is 0.315. The lowest BCUT2D eigenvalue weighted by molar-refractivity contribution is 0.516. The summed E-state index contributed by atoms with van der Waals surface area (Å²) in [4.78, 5) is 1.33. The van der Waals surface area contributed by atoms with E-state index < -0.39 is 0 Å². The topological polar surface area (TPSA) is 29.9 Å². The number of thiophene rings is 1. The minimum atomic E-state index is 0.315. The first-order chi connectivity index (χ1) is 8.61. The molecule has 5 heteroatoms. The van der Waals surface area contributed by atoms with E-state index in [1.54, 1.807) is 11.3 Å². The third kappa shape index (κ3) is 3.02. The summed E-state index contributed by atoms with van der Waals surface area (Å²) in [5, 5.41) is 10.1. The SMILES string of the molecule is CNC(Cc1ccn(C(C)C)n1)c1sccc1Br. The second kappa shape index (κ2) is 5.99. The maximum atomic E-state index is 4.60. The molecule has 18 heavy (non-hydrogen) atoms. The van der Waals surface area contributed by atoms with Crippen LogP contribution in [0.3, 0.4) is 0 Å². The van der Waals surface area contributed by atoms with Gasteiger partial charge in [0.15, 0.2) is 0 Å². The standard InChI is InChI=1S/C13H18BrN3S/c1-9(2)17-6-4-10(16-17)8-12(15-3)13-11(14)5-7-18-13/h4-7,9,12,15H,8H2,1-3H3. The van der Waals surface area contributed by atoms with Crippen molar-refractivity contribution in [2.24, 2.45) is 0 Å². The van der Waals surface area contributed by atoms with Crippen molar-refractivity contribution in [1.29, 1.82) is 0 Å². The van der Waals surface area contributed by atoms with Crippen LogP contribution in [0.5, 0.6) is 0 Å². The summed E-state index contributed by atoms with van der Waals surface area (Å²) in [6.07, 6.45) is 2.96. The number of rotatable bonds is 5. The zero-order valence-electron chi connectivity index (χ0n) is 10.9. The molecule has 2 heterocycles. The van der Waals surface area contributed by atoms with Crippen molar-refractivity contribution in [1.82, 2.24) is 15.1 Å². The molecule has 0 aliphatic rings. The Labute approximate surface area is 120 Å². The molecule has 1 N–H and O–H groups in total. The molecule has 0 aliphatic heterocycles. The minimum Gasteiger partial charge on any atom is -0.312 e. The van der Waals surface area contributed by atoms with Gasteiger partial charge in [-0.1, -0.05) is 0 Å². The van der Waals surface area contributed by atoms with Crippen molar-refractivity contribution in [2.75, 3.05) is 7.05 Å². The summed E-state index contributed by atoms with van der Waals surface area (Å²) < 4.78 is 3.18. The van der Waals surface area contributed by atoms with E-state index in [4.69, 9.17) is 0 Å². The van der Waals surface area contributed by atoms with Crippen molar-refractivity contribution in [3.63, 3.8) is 0 Å². The molecule has 0 aliphatic carbocycles. The van der Waals surface area contributed by atoms with Gasteiger partial charge in [0.25, 0.3) is 0 Å². The Morgan fingerprint density at radius 1 is 1.44 bits per heavy atom. The average molecular weight is 328 g/mol. The van der Waals surface area contributed by atoms with Crippen LogP contribution >= 0.6 is 27.3 Å². The third-order valence-electron chi connectivity index (χ3n) is 2.92. The molecule has 2 aromatic rings. The predicted octanol–water partition coefficient (Wildman–Crippen LogP) is 3.79.